The summed E-state index contributed by atoms with van der Waals surface area (Å²) in [7, 11) is 0. The fourth-order valence-corrected chi connectivity index (χ4v) is 5.87. The molecule has 9 heteroatoms. The average Bonchev–Trinajstić information content (AvgIpc) is 3.48. The molecule has 5 rings (SSSR count). The molecule has 1 aliphatic carbocycles. The Hall–Kier alpha value is -3.92. The molecule has 3 unspecified atom stereocenters. The predicted octanol–water partition coefficient (Wildman–Crippen LogP) is 6.76. The maximum absolute atomic E-state index is 14.4. The maximum atomic E-state index is 14.4. The average molecular weight is 661 g/mol. The Kier molecular flexibility index (Phi) is 10.2. The summed E-state index contributed by atoms with van der Waals surface area (Å²) >= 11 is 3.57. The lowest BCUT2D eigenvalue weighted by Gasteiger charge is -2.40. The van der Waals surface area contributed by atoms with Crippen LogP contribution >= 0.6 is 15.9 Å². The third kappa shape index (κ3) is 7.41. The van der Waals surface area contributed by atoms with Crippen molar-refractivity contribution in [3.63, 3.8) is 0 Å². The number of aryl methyl sites for hydroxylation is 1. The van der Waals surface area contributed by atoms with Crippen LogP contribution in [0.15, 0.2) is 101 Å². The van der Waals surface area contributed by atoms with E-state index in [9.17, 15) is 14.7 Å². The maximum Gasteiger partial charge on any atom is 0.416 e. The number of halogens is 1. The highest BCUT2D eigenvalue weighted by Crippen LogP contribution is 2.41. The number of nitrogens with two attached hydrogens (primary N) is 1. The summed E-state index contributed by atoms with van der Waals surface area (Å²) in [4.78, 5) is 28.1. The molecule has 0 spiro atoms. The van der Waals surface area contributed by atoms with Gasteiger partial charge in [-0.2, -0.15) is 0 Å². The molecule has 1 heterocycles. The second kappa shape index (κ2) is 14.2. The predicted molar refractivity (Wildman–Crippen MR) is 174 cm³/mol. The molecular formula is C35H38BrN3O5. The summed E-state index contributed by atoms with van der Waals surface area (Å²) in [6, 6.07) is 21.8. The second-order valence-corrected chi connectivity index (χ2v) is 12.2. The van der Waals surface area contributed by atoms with Crippen LogP contribution in [0.2, 0.25) is 0 Å². The Labute approximate surface area is 266 Å². The van der Waals surface area contributed by atoms with Crippen LogP contribution in [-0.2, 0) is 9.53 Å². The van der Waals surface area contributed by atoms with Crippen molar-refractivity contribution in [1.82, 2.24) is 4.90 Å². The van der Waals surface area contributed by atoms with E-state index in [1.807, 2.05) is 79.7 Å². The molecule has 0 radical (unpaired) electrons. The lowest BCUT2D eigenvalue weighted by molar-refractivity contribution is -0.134. The number of aliphatic hydroxyl groups is 1. The molecule has 0 bridgehead atoms. The molecule has 44 heavy (non-hydrogen) atoms. The number of aliphatic hydroxyl groups excluding tert-OH is 1. The van der Waals surface area contributed by atoms with Gasteiger partial charge in [0.05, 0.1) is 18.7 Å². The fourth-order valence-electron chi connectivity index (χ4n) is 5.53. The number of amides is 2. The monoisotopic (exact) mass is 659 g/mol. The third-order valence-corrected chi connectivity index (χ3v) is 8.54. The number of ether oxygens (including phenoxy) is 2. The van der Waals surface area contributed by atoms with Crippen LogP contribution < -0.4 is 15.8 Å². The van der Waals surface area contributed by atoms with Gasteiger partial charge in [0.1, 0.15) is 24.5 Å². The van der Waals surface area contributed by atoms with Crippen LogP contribution in [0, 0.1) is 6.92 Å². The molecule has 0 saturated carbocycles. The quantitative estimate of drug-likeness (QED) is 0.197. The Balaban J connectivity index is 1.56. The van der Waals surface area contributed by atoms with Crippen molar-refractivity contribution in [2.45, 2.75) is 50.3 Å². The largest absolute Gasteiger partial charge is 0.489 e. The van der Waals surface area contributed by atoms with Gasteiger partial charge in [-0.15, -0.1) is 0 Å². The number of rotatable bonds is 12. The van der Waals surface area contributed by atoms with Crippen molar-refractivity contribution in [3.8, 4) is 5.75 Å². The molecule has 1 aliphatic heterocycles. The lowest BCUT2D eigenvalue weighted by Crippen LogP contribution is -2.61. The summed E-state index contributed by atoms with van der Waals surface area (Å²) in [6.45, 7) is 2.51. The van der Waals surface area contributed by atoms with E-state index in [0.29, 0.717) is 17.9 Å². The summed E-state index contributed by atoms with van der Waals surface area (Å²) in [5.74, 6) is -0.0466. The summed E-state index contributed by atoms with van der Waals surface area (Å²) in [6.07, 6.45) is 6.91. The van der Waals surface area contributed by atoms with Gasteiger partial charge < -0.3 is 25.6 Å². The van der Waals surface area contributed by atoms with Crippen LogP contribution in [0.5, 0.6) is 5.75 Å². The number of benzene rings is 3. The van der Waals surface area contributed by atoms with Gasteiger partial charge in [-0.05, 0) is 68.0 Å². The molecule has 230 valence electrons. The van der Waals surface area contributed by atoms with Gasteiger partial charge in [0.15, 0.2) is 0 Å². The number of cyclic esters (lactones) is 1. The summed E-state index contributed by atoms with van der Waals surface area (Å²) < 4.78 is 12.3. The topological polar surface area (TPSA) is 114 Å². The van der Waals surface area contributed by atoms with Crippen molar-refractivity contribution >= 4 is 33.6 Å². The molecule has 2 aliphatic rings. The summed E-state index contributed by atoms with van der Waals surface area (Å²) in [5.41, 5.74) is 9.78. The minimum atomic E-state index is -1.69. The van der Waals surface area contributed by atoms with Crippen LogP contribution in [0.25, 0.3) is 0 Å². The van der Waals surface area contributed by atoms with E-state index in [1.54, 1.807) is 0 Å². The highest BCUT2D eigenvalue weighted by atomic mass is 79.9. The van der Waals surface area contributed by atoms with E-state index in [4.69, 9.17) is 15.2 Å². The smallest absolute Gasteiger partial charge is 0.416 e. The van der Waals surface area contributed by atoms with Gasteiger partial charge in [-0.25, -0.2) is 9.69 Å². The van der Waals surface area contributed by atoms with E-state index in [1.165, 1.54) is 0 Å². The van der Waals surface area contributed by atoms with Crippen LogP contribution in [0.4, 0.5) is 10.5 Å². The van der Waals surface area contributed by atoms with E-state index in [0.717, 1.165) is 44.6 Å². The number of nitrogens with one attached hydrogen (secondary N) is 1. The van der Waals surface area contributed by atoms with Crippen molar-refractivity contribution in [2.24, 2.45) is 5.73 Å². The zero-order valence-corrected chi connectivity index (χ0v) is 26.3. The number of anilines is 1. The minimum Gasteiger partial charge on any atom is -0.489 e. The van der Waals surface area contributed by atoms with Gasteiger partial charge in [0.2, 0.25) is 0 Å². The Morgan fingerprint density at radius 1 is 1.14 bits per heavy atom. The molecular weight excluding hydrogens is 622 g/mol. The first-order valence-corrected chi connectivity index (χ1v) is 15.7. The first-order chi connectivity index (χ1) is 21.2. The Morgan fingerprint density at radius 2 is 1.91 bits per heavy atom. The molecule has 3 aromatic rings. The summed E-state index contributed by atoms with van der Waals surface area (Å²) in [5, 5.41) is 14.7. The fraction of sp³-hybridized carbons (Fsp3) is 0.314. The number of hydrogen-bond donors (Lipinski definition) is 3. The molecule has 8 nitrogen and oxygen atoms in total. The third-order valence-electron chi connectivity index (χ3n) is 8.05. The molecule has 2 amide bonds. The van der Waals surface area contributed by atoms with Gasteiger partial charge in [-0.3, -0.25) is 4.79 Å². The Bertz CT molecular complexity index is 1530. The number of carbonyl (C=O) groups excluding carboxylic acids is 2. The molecule has 3 atom stereocenters. The van der Waals surface area contributed by atoms with Gasteiger partial charge in [0.25, 0.3) is 5.91 Å². The zero-order chi connectivity index (χ0) is 31.1. The van der Waals surface area contributed by atoms with Crippen molar-refractivity contribution in [1.29, 1.82) is 0 Å². The normalized spacial score (nSPS) is 17.3. The first-order valence-electron chi connectivity index (χ1n) is 14.9. The van der Waals surface area contributed by atoms with E-state index >= 15 is 0 Å². The molecule has 3 aromatic carbocycles. The SMILES string of the molecule is Cc1ccc(C(O)CCC(N)(C(=O)N2CCOC2=O)C(Nc2ccccc2)c2ccc(Br)cc2OCC2=CCCC=C2)cc1. The van der Waals surface area contributed by atoms with Gasteiger partial charge in [-0.1, -0.05) is 88.3 Å². The highest BCUT2D eigenvalue weighted by Gasteiger charge is 2.49. The molecule has 1 fully saturated rings. The number of nitrogens with zero attached hydrogens (tertiary/aromatic N) is 1. The number of allylic oxidation sites excluding steroid dienone is 2. The molecule has 4 N–H and O–H groups in total. The van der Waals surface area contributed by atoms with Crippen molar-refractivity contribution < 1.29 is 24.2 Å². The molecule has 1 saturated heterocycles. The Morgan fingerprint density at radius 3 is 2.59 bits per heavy atom. The highest BCUT2D eigenvalue weighted by molar-refractivity contribution is 9.10. The van der Waals surface area contributed by atoms with Gasteiger partial charge in [0, 0.05) is 15.7 Å². The number of carbonyl (C=O) groups is 2. The van der Waals surface area contributed by atoms with E-state index < -0.39 is 29.7 Å². The number of imide groups is 1. The van der Waals surface area contributed by atoms with E-state index in [-0.39, 0.29) is 26.0 Å². The zero-order valence-electron chi connectivity index (χ0n) is 24.7. The number of para-hydroxylation sites is 1. The van der Waals surface area contributed by atoms with Crippen LogP contribution in [-0.4, -0.2) is 47.3 Å². The number of hydrogen-bond acceptors (Lipinski definition) is 7. The first kappa shape index (κ1) is 31.5. The van der Waals surface area contributed by atoms with Gasteiger partial charge >= 0.3 is 6.09 Å². The van der Waals surface area contributed by atoms with E-state index in [2.05, 4.69) is 39.5 Å². The molecule has 0 aromatic heterocycles. The minimum absolute atomic E-state index is 0.0541. The van der Waals surface area contributed by atoms with Crippen molar-refractivity contribution in [2.75, 3.05) is 25.1 Å². The second-order valence-electron chi connectivity index (χ2n) is 11.2. The van der Waals surface area contributed by atoms with Crippen LogP contribution in [0.3, 0.4) is 0 Å². The van der Waals surface area contributed by atoms with Crippen molar-refractivity contribution in [3.05, 3.63) is 118 Å². The lowest BCUT2D eigenvalue weighted by atomic mass is 9.79. The standard InChI is InChI=1S/C35H38BrN3O5/c1-24-12-14-26(15-13-24)30(40)18-19-35(37,33(41)39-20-21-43-34(39)42)32(38-28-10-6-3-7-11-28)29-17-16-27(36)22-31(29)44-23-25-8-4-2-5-9-25/h3-4,6-17,22,30,32,38,40H,2,5,18-21,23,37H2,1H3. The van der Waals surface area contributed by atoms with Crippen LogP contribution in [0.1, 0.15) is 54.5 Å².